The van der Waals surface area contributed by atoms with E-state index in [0.717, 1.165) is 61.3 Å². The second kappa shape index (κ2) is 16.2. The lowest BCUT2D eigenvalue weighted by molar-refractivity contribution is 0.670. The van der Waals surface area contributed by atoms with Crippen molar-refractivity contribution in [3.05, 3.63) is 283 Å². The second-order valence-electron chi connectivity index (χ2n) is 18.3. The van der Waals surface area contributed by atoms with Gasteiger partial charge in [0, 0.05) is 53.6 Å². The Bertz CT molecular complexity index is 4060. The summed E-state index contributed by atoms with van der Waals surface area (Å²) in [6, 6.07) is 95.4. The van der Waals surface area contributed by atoms with Gasteiger partial charge < -0.3 is 9.32 Å². The van der Waals surface area contributed by atoms with E-state index in [0.29, 0.717) is 0 Å². The summed E-state index contributed by atoms with van der Waals surface area (Å²) in [5.74, 6) is 0. The van der Waals surface area contributed by atoms with E-state index in [4.69, 9.17) is 4.42 Å². The molecule has 0 bridgehead atoms. The van der Waals surface area contributed by atoms with Crippen LogP contribution in [0.15, 0.2) is 265 Å². The van der Waals surface area contributed by atoms with Gasteiger partial charge >= 0.3 is 0 Å². The Balaban J connectivity index is 0.879. The van der Waals surface area contributed by atoms with Gasteiger partial charge in [-0.25, -0.2) is 0 Å². The average Bonchev–Trinajstić information content (AvgIpc) is 4.11. The normalized spacial score (nSPS) is 12.7. The highest BCUT2D eigenvalue weighted by Crippen LogP contribution is 2.56. The summed E-state index contributed by atoms with van der Waals surface area (Å²) in [7, 11) is 0. The molecule has 0 saturated heterocycles. The van der Waals surface area contributed by atoms with Gasteiger partial charge in [0.05, 0.1) is 5.41 Å². The fraction of sp³-hybridized carbons (Fsp3) is 0.0149. The Morgan fingerprint density at radius 1 is 0.329 bits per heavy atom. The predicted molar refractivity (Wildman–Crippen MR) is 295 cm³/mol. The molecule has 1 aliphatic rings. The highest BCUT2D eigenvalue weighted by molar-refractivity contribution is 7.26. The van der Waals surface area contributed by atoms with E-state index in [1.807, 2.05) is 23.5 Å². The molecule has 0 atom stereocenters. The largest absolute Gasteiger partial charge is 0.455 e. The SMILES string of the molecule is c1ccc(C2(c3ccc(N(c4ccc(-c5cccc(-c6cccc7c6oc6ccccc67)c5)cc4)c4ccc(-c5cccc6c5sc5ccccc56)cc4)cc3)c3ccccc3-c3ccccc32)cc1. The number of furan rings is 1. The van der Waals surface area contributed by atoms with Crippen molar-refractivity contribution < 1.29 is 4.42 Å². The molecule has 0 radical (unpaired) electrons. The number of benzene rings is 11. The van der Waals surface area contributed by atoms with Gasteiger partial charge in [-0.3, -0.25) is 0 Å². The highest BCUT2D eigenvalue weighted by atomic mass is 32.1. The Morgan fingerprint density at radius 2 is 0.843 bits per heavy atom. The number of rotatable bonds is 8. The van der Waals surface area contributed by atoms with Crippen LogP contribution in [0.4, 0.5) is 17.1 Å². The van der Waals surface area contributed by atoms with Crippen molar-refractivity contribution in [1.29, 1.82) is 0 Å². The summed E-state index contributed by atoms with van der Waals surface area (Å²) < 4.78 is 9.10. The van der Waals surface area contributed by atoms with Crippen molar-refractivity contribution in [2.24, 2.45) is 0 Å². The first-order valence-corrected chi connectivity index (χ1v) is 24.8. The molecule has 14 rings (SSSR count). The van der Waals surface area contributed by atoms with E-state index in [1.165, 1.54) is 64.7 Å². The summed E-state index contributed by atoms with van der Waals surface area (Å²) >= 11 is 1.87. The van der Waals surface area contributed by atoms with Gasteiger partial charge in [0.1, 0.15) is 11.2 Å². The van der Waals surface area contributed by atoms with E-state index in [9.17, 15) is 0 Å². The number of hydrogen-bond donors (Lipinski definition) is 0. The van der Waals surface area contributed by atoms with Crippen LogP contribution < -0.4 is 4.90 Å². The monoisotopic (exact) mass is 909 g/mol. The van der Waals surface area contributed by atoms with Crippen LogP contribution in [-0.4, -0.2) is 0 Å². The number of anilines is 3. The first-order chi connectivity index (χ1) is 34.7. The molecular formula is C67H43NOS. The summed E-state index contributed by atoms with van der Waals surface area (Å²) in [5, 5.41) is 4.89. The van der Waals surface area contributed by atoms with Crippen LogP contribution >= 0.6 is 11.3 Å². The maximum atomic E-state index is 6.46. The van der Waals surface area contributed by atoms with Crippen molar-refractivity contribution in [3.63, 3.8) is 0 Å². The molecule has 1 aliphatic carbocycles. The lowest BCUT2D eigenvalue weighted by Crippen LogP contribution is -2.28. The second-order valence-corrected chi connectivity index (χ2v) is 19.4. The molecule has 0 saturated carbocycles. The van der Waals surface area contributed by atoms with Crippen molar-refractivity contribution >= 4 is 70.5 Å². The van der Waals surface area contributed by atoms with Gasteiger partial charge in [-0.05, 0) is 116 Å². The van der Waals surface area contributed by atoms with Crippen molar-refractivity contribution in [2.75, 3.05) is 4.90 Å². The minimum Gasteiger partial charge on any atom is -0.455 e. The number of nitrogens with zero attached hydrogens (tertiary/aromatic N) is 1. The third-order valence-corrected chi connectivity index (χ3v) is 15.8. The third-order valence-electron chi connectivity index (χ3n) is 14.6. The zero-order chi connectivity index (χ0) is 46.2. The maximum Gasteiger partial charge on any atom is 0.143 e. The van der Waals surface area contributed by atoms with Crippen LogP contribution in [0.5, 0.6) is 0 Å². The fourth-order valence-electron chi connectivity index (χ4n) is 11.4. The molecule has 2 nitrogen and oxygen atoms in total. The summed E-state index contributed by atoms with van der Waals surface area (Å²) in [4.78, 5) is 2.39. The van der Waals surface area contributed by atoms with Crippen molar-refractivity contribution in [2.45, 2.75) is 5.41 Å². The van der Waals surface area contributed by atoms with E-state index < -0.39 is 5.41 Å². The molecule has 11 aromatic carbocycles. The zero-order valence-electron chi connectivity index (χ0n) is 38.1. The first-order valence-electron chi connectivity index (χ1n) is 24.0. The van der Waals surface area contributed by atoms with E-state index >= 15 is 0 Å². The maximum absolute atomic E-state index is 6.46. The van der Waals surface area contributed by atoms with Gasteiger partial charge in [-0.15, -0.1) is 11.3 Å². The zero-order valence-corrected chi connectivity index (χ0v) is 38.9. The molecule has 3 heteroatoms. The first kappa shape index (κ1) is 40.3. The number of fused-ring (bicyclic) bond motifs is 9. The van der Waals surface area contributed by atoms with E-state index in [2.05, 4.69) is 254 Å². The molecule has 2 aromatic heterocycles. The van der Waals surface area contributed by atoms with Crippen LogP contribution in [0.25, 0.3) is 86.6 Å². The lowest BCUT2D eigenvalue weighted by atomic mass is 9.68. The standard InChI is InChI=1S/C67H43NOS/c1-2-17-48(18-3-1)67(61-27-8-4-19-55(61)56-20-5-9-28-62(56)67)49-35-41-52(42-36-49)68(51-39-33-45(34-40-51)54-24-14-26-60-58-22-7-11-30-64(58)70-66(54)60)50-37-31-44(32-38-50)46-15-12-16-47(43-46)53-23-13-25-59-57-21-6-10-29-63(57)69-65(53)59/h1-43H. The van der Waals surface area contributed by atoms with Crippen LogP contribution in [0.2, 0.25) is 0 Å². The molecule has 0 amide bonds. The molecule has 0 unspecified atom stereocenters. The fourth-order valence-corrected chi connectivity index (χ4v) is 12.7. The molecule has 0 N–H and O–H groups in total. The molecule has 2 heterocycles. The van der Waals surface area contributed by atoms with Gasteiger partial charge in [0.2, 0.25) is 0 Å². The molecule has 328 valence electrons. The Labute approximate surface area is 410 Å². The molecular weight excluding hydrogens is 867 g/mol. The van der Waals surface area contributed by atoms with Crippen LogP contribution in [0.1, 0.15) is 22.3 Å². The van der Waals surface area contributed by atoms with Crippen molar-refractivity contribution in [3.8, 4) is 44.5 Å². The Hall–Kier alpha value is -8.76. The van der Waals surface area contributed by atoms with Gasteiger partial charge in [0.15, 0.2) is 0 Å². The summed E-state index contributed by atoms with van der Waals surface area (Å²) in [6.07, 6.45) is 0. The summed E-state index contributed by atoms with van der Waals surface area (Å²) in [5.41, 5.74) is 19.3. The Kier molecular flexibility index (Phi) is 9.33. The highest BCUT2D eigenvalue weighted by Gasteiger charge is 2.45. The van der Waals surface area contributed by atoms with Crippen LogP contribution in [0.3, 0.4) is 0 Å². The average molecular weight is 910 g/mol. The van der Waals surface area contributed by atoms with Crippen LogP contribution in [-0.2, 0) is 5.41 Å². The third kappa shape index (κ3) is 6.25. The topological polar surface area (TPSA) is 16.4 Å². The minimum atomic E-state index is -0.473. The molecule has 0 aliphatic heterocycles. The number of hydrogen-bond acceptors (Lipinski definition) is 3. The van der Waals surface area contributed by atoms with Crippen LogP contribution in [0, 0.1) is 0 Å². The molecule has 0 spiro atoms. The Morgan fingerprint density at radius 3 is 1.57 bits per heavy atom. The number of para-hydroxylation sites is 2. The minimum absolute atomic E-state index is 0.473. The van der Waals surface area contributed by atoms with E-state index in [1.54, 1.807) is 0 Å². The van der Waals surface area contributed by atoms with Gasteiger partial charge in [-0.2, -0.15) is 0 Å². The van der Waals surface area contributed by atoms with E-state index in [-0.39, 0.29) is 0 Å². The quantitative estimate of drug-likeness (QED) is 0.151. The summed E-state index contributed by atoms with van der Waals surface area (Å²) in [6.45, 7) is 0. The number of thiophene rings is 1. The predicted octanol–water partition coefficient (Wildman–Crippen LogP) is 18.8. The molecule has 0 fully saturated rings. The molecule has 70 heavy (non-hydrogen) atoms. The van der Waals surface area contributed by atoms with Crippen molar-refractivity contribution in [1.82, 2.24) is 0 Å². The lowest BCUT2D eigenvalue weighted by Gasteiger charge is -2.34. The molecule has 13 aromatic rings. The smallest absolute Gasteiger partial charge is 0.143 e. The van der Waals surface area contributed by atoms with Gasteiger partial charge in [0.25, 0.3) is 0 Å². The van der Waals surface area contributed by atoms with Gasteiger partial charge in [-0.1, -0.05) is 206 Å².